The van der Waals surface area contributed by atoms with Crippen LogP contribution in [0.4, 0.5) is 17.2 Å². The number of methoxy groups -OCH3 is 1. The summed E-state index contributed by atoms with van der Waals surface area (Å²) in [5.74, 6) is -0.292. The van der Waals surface area contributed by atoms with E-state index in [9.17, 15) is 9.59 Å². The number of carbonyl (C=O) groups is 2. The maximum atomic E-state index is 12.5. The van der Waals surface area contributed by atoms with Crippen LogP contribution in [-0.2, 0) is 11.2 Å². The summed E-state index contributed by atoms with van der Waals surface area (Å²) in [6.45, 7) is 2.10. The SMILES string of the molecule is CCc1ccc(Nc2cc(C(=O)Nc3ccc(C(=O)OC)cc3)ncn2)cc1. The molecule has 0 saturated carbocycles. The van der Waals surface area contributed by atoms with Gasteiger partial charge in [-0.1, -0.05) is 19.1 Å². The van der Waals surface area contributed by atoms with Crippen LogP contribution >= 0.6 is 0 Å². The third kappa shape index (κ3) is 4.70. The molecule has 0 bridgehead atoms. The molecule has 142 valence electrons. The van der Waals surface area contributed by atoms with Crippen molar-refractivity contribution in [2.24, 2.45) is 0 Å². The van der Waals surface area contributed by atoms with Gasteiger partial charge in [-0.3, -0.25) is 4.79 Å². The molecular formula is C21H20N4O3. The average Bonchev–Trinajstić information content (AvgIpc) is 2.74. The average molecular weight is 376 g/mol. The number of carbonyl (C=O) groups excluding carboxylic acids is 2. The lowest BCUT2D eigenvalue weighted by Gasteiger charge is -2.08. The highest BCUT2D eigenvalue weighted by Gasteiger charge is 2.11. The van der Waals surface area contributed by atoms with Gasteiger partial charge in [0.1, 0.15) is 17.8 Å². The van der Waals surface area contributed by atoms with Crippen LogP contribution in [0.3, 0.4) is 0 Å². The minimum absolute atomic E-state index is 0.222. The Morgan fingerprint density at radius 3 is 2.29 bits per heavy atom. The number of hydrogen-bond acceptors (Lipinski definition) is 6. The van der Waals surface area contributed by atoms with Crippen molar-refractivity contribution in [1.82, 2.24) is 9.97 Å². The van der Waals surface area contributed by atoms with Gasteiger partial charge in [-0.15, -0.1) is 0 Å². The lowest BCUT2D eigenvalue weighted by molar-refractivity contribution is 0.0600. The number of nitrogens with zero attached hydrogens (tertiary/aromatic N) is 2. The molecule has 3 aromatic rings. The van der Waals surface area contributed by atoms with E-state index >= 15 is 0 Å². The molecular weight excluding hydrogens is 356 g/mol. The maximum absolute atomic E-state index is 12.5. The summed E-state index contributed by atoms with van der Waals surface area (Å²) in [5, 5.41) is 5.90. The zero-order valence-corrected chi connectivity index (χ0v) is 15.6. The quantitative estimate of drug-likeness (QED) is 0.635. The van der Waals surface area contributed by atoms with Crippen molar-refractivity contribution in [3.05, 3.63) is 77.7 Å². The second-order valence-corrected chi connectivity index (χ2v) is 5.99. The van der Waals surface area contributed by atoms with Gasteiger partial charge in [-0.25, -0.2) is 14.8 Å². The Labute approximate surface area is 162 Å². The second-order valence-electron chi connectivity index (χ2n) is 5.99. The second kappa shape index (κ2) is 8.77. The third-order valence-electron chi connectivity index (χ3n) is 4.10. The molecule has 7 nitrogen and oxygen atoms in total. The summed E-state index contributed by atoms with van der Waals surface area (Å²) in [6, 6.07) is 16.0. The molecule has 0 unspecified atom stereocenters. The Kier molecular flexibility index (Phi) is 5.96. The fraction of sp³-hybridized carbons (Fsp3) is 0.143. The highest BCUT2D eigenvalue weighted by molar-refractivity contribution is 6.03. The zero-order chi connectivity index (χ0) is 19.9. The molecule has 2 N–H and O–H groups in total. The lowest BCUT2D eigenvalue weighted by Crippen LogP contribution is -2.14. The van der Waals surface area contributed by atoms with Crippen LogP contribution in [0, 0.1) is 0 Å². The molecule has 2 aromatic carbocycles. The van der Waals surface area contributed by atoms with Gasteiger partial charge in [0.2, 0.25) is 0 Å². The van der Waals surface area contributed by atoms with Crippen molar-refractivity contribution in [2.45, 2.75) is 13.3 Å². The van der Waals surface area contributed by atoms with Crippen LogP contribution in [0.5, 0.6) is 0 Å². The van der Waals surface area contributed by atoms with E-state index in [1.807, 2.05) is 24.3 Å². The molecule has 0 spiro atoms. The summed E-state index contributed by atoms with van der Waals surface area (Å²) in [6.07, 6.45) is 2.30. The van der Waals surface area contributed by atoms with Crippen LogP contribution in [-0.4, -0.2) is 29.0 Å². The van der Waals surface area contributed by atoms with E-state index in [1.54, 1.807) is 30.3 Å². The molecule has 1 heterocycles. The monoisotopic (exact) mass is 376 g/mol. The Balaban J connectivity index is 1.68. The maximum Gasteiger partial charge on any atom is 0.337 e. The molecule has 0 aliphatic rings. The smallest absolute Gasteiger partial charge is 0.337 e. The van der Waals surface area contributed by atoms with Gasteiger partial charge in [0.25, 0.3) is 5.91 Å². The topological polar surface area (TPSA) is 93.2 Å². The number of hydrogen-bond donors (Lipinski definition) is 2. The van der Waals surface area contributed by atoms with E-state index < -0.39 is 5.97 Å². The molecule has 0 aliphatic carbocycles. The molecule has 1 aromatic heterocycles. The van der Waals surface area contributed by atoms with Crippen LogP contribution in [0.25, 0.3) is 0 Å². The van der Waals surface area contributed by atoms with Crippen LogP contribution in [0.2, 0.25) is 0 Å². The highest BCUT2D eigenvalue weighted by atomic mass is 16.5. The fourth-order valence-corrected chi connectivity index (χ4v) is 2.52. The summed E-state index contributed by atoms with van der Waals surface area (Å²) in [4.78, 5) is 32.1. The van der Waals surface area contributed by atoms with Crippen LogP contribution in [0.15, 0.2) is 60.9 Å². The predicted molar refractivity (Wildman–Crippen MR) is 107 cm³/mol. The van der Waals surface area contributed by atoms with Crippen molar-refractivity contribution in [3.63, 3.8) is 0 Å². The summed E-state index contributed by atoms with van der Waals surface area (Å²) in [5.41, 5.74) is 3.29. The Hall–Kier alpha value is -3.74. The van der Waals surface area contributed by atoms with E-state index in [0.717, 1.165) is 12.1 Å². The van der Waals surface area contributed by atoms with Gasteiger partial charge in [0.15, 0.2) is 0 Å². The number of amides is 1. The minimum atomic E-state index is -0.434. The molecule has 3 rings (SSSR count). The standard InChI is InChI=1S/C21H20N4O3/c1-3-14-4-8-16(9-5-14)24-19-12-18(22-13-23-19)20(26)25-17-10-6-15(7-11-17)21(27)28-2/h4-13H,3H2,1-2H3,(H,25,26)(H,22,23,24). The first-order chi connectivity index (χ1) is 13.6. The molecule has 0 saturated heterocycles. The normalized spacial score (nSPS) is 10.2. The van der Waals surface area contributed by atoms with E-state index in [2.05, 4.69) is 32.3 Å². The van der Waals surface area contributed by atoms with Crippen molar-refractivity contribution >= 4 is 29.1 Å². The van der Waals surface area contributed by atoms with Gasteiger partial charge < -0.3 is 15.4 Å². The van der Waals surface area contributed by atoms with Gasteiger partial charge >= 0.3 is 5.97 Å². The molecule has 7 heteroatoms. The molecule has 0 aliphatic heterocycles. The molecule has 28 heavy (non-hydrogen) atoms. The van der Waals surface area contributed by atoms with Gasteiger partial charge in [0.05, 0.1) is 12.7 Å². The fourth-order valence-electron chi connectivity index (χ4n) is 2.52. The first-order valence-electron chi connectivity index (χ1n) is 8.76. The number of benzene rings is 2. The van der Waals surface area contributed by atoms with Crippen LogP contribution < -0.4 is 10.6 Å². The van der Waals surface area contributed by atoms with E-state index in [4.69, 9.17) is 0 Å². The third-order valence-corrected chi connectivity index (χ3v) is 4.10. The van der Waals surface area contributed by atoms with Gasteiger partial charge in [-0.05, 0) is 48.4 Å². The first-order valence-corrected chi connectivity index (χ1v) is 8.76. The van der Waals surface area contributed by atoms with Crippen LogP contribution in [0.1, 0.15) is 33.3 Å². The van der Waals surface area contributed by atoms with E-state index in [1.165, 1.54) is 19.0 Å². The largest absolute Gasteiger partial charge is 0.465 e. The van der Waals surface area contributed by atoms with Crippen molar-refractivity contribution in [3.8, 4) is 0 Å². The van der Waals surface area contributed by atoms with Crippen molar-refractivity contribution in [1.29, 1.82) is 0 Å². The van der Waals surface area contributed by atoms with E-state index in [0.29, 0.717) is 17.1 Å². The lowest BCUT2D eigenvalue weighted by atomic mass is 10.1. The Morgan fingerprint density at radius 1 is 0.964 bits per heavy atom. The Morgan fingerprint density at radius 2 is 1.64 bits per heavy atom. The summed E-state index contributed by atoms with van der Waals surface area (Å²) in [7, 11) is 1.32. The molecule has 0 fully saturated rings. The number of nitrogens with one attached hydrogen (secondary N) is 2. The number of esters is 1. The number of ether oxygens (including phenoxy) is 1. The predicted octanol–water partition coefficient (Wildman–Crippen LogP) is 3.82. The molecule has 0 atom stereocenters. The number of rotatable bonds is 6. The van der Waals surface area contributed by atoms with Crippen molar-refractivity contribution in [2.75, 3.05) is 17.7 Å². The highest BCUT2D eigenvalue weighted by Crippen LogP contribution is 2.17. The van der Waals surface area contributed by atoms with Gasteiger partial charge in [0, 0.05) is 17.4 Å². The van der Waals surface area contributed by atoms with Crippen molar-refractivity contribution < 1.29 is 14.3 Å². The Bertz CT molecular complexity index is 970. The number of aryl methyl sites for hydroxylation is 1. The van der Waals surface area contributed by atoms with E-state index in [-0.39, 0.29) is 11.6 Å². The number of anilines is 3. The summed E-state index contributed by atoms with van der Waals surface area (Å²) >= 11 is 0. The van der Waals surface area contributed by atoms with Gasteiger partial charge in [-0.2, -0.15) is 0 Å². The molecule has 1 amide bonds. The molecule has 0 radical (unpaired) electrons. The number of aromatic nitrogens is 2. The minimum Gasteiger partial charge on any atom is -0.465 e. The zero-order valence-electron chi connectivity index (χ0n) is 15.6. The first kappa shape index (κ1) is 19.0. The summed E-state index contributed by atoms with van der Waals surface area (Å²) < 4.78 is 4.65.